The first-order valence-corrected chi connectivity index (χ1v) is 7.89. The summed E-state index contributed by atoms with van der Waals surface area (Å²) in [5, 5.41) is 3.29. The van der Waals surface area contributed by atoms with Crippen LogP contribution in [0.1, 0.15) is 18.7 Å². The minimum Gasteiger partial charge on any atom is -0.468 e. The van der Waals surface area contributed by atoms with Gasteiger partial charge in [0.2, 0.25) is 0 Å². The second kappa shape index (κ2) is 7.38. The molecule has 0 saturated carbocycles. The van der Waals surface area contributed by atoms with Crippen molar-refractivity contribution in [2.24, 2.45) is 5.92 Å². The zero-order valence-electron chi connectivity index (χ0n) is 12.6. The number of esters is 1. The molecule has 21 heavy (non-hydrogen) atoms. The molecular formula is C17H21NO2S. The molecule has 1 heterocycles. The summed E-state index contributed by atoms with van der Waals surface area (Å²) >= 11 is 1.74. The van der Waals surface area contributed by atoms with E-state index < -0.39 is 0 Å². The average molecular weight is 303 g/mol. The van der Waals surface area contributed by atoms with Crippen LogP contribution in [0.2, 0.25) is 0 Å². The van der Waals surface area contributed by atoms with Crippen LogP contribution in [0.5, 0.6) is 0 Å². The molecule has 0 aliphatic carbocycles. The molecule has 1 unspecified atom stereocenters. The summed E-state index contributed by atoms with van der Waals surface area (Å²) in [6.45, 7) is 4.70. The third-order valence-electron chi connectivity index (χ3n) is 3.34. The number of carbonyl (C=O) groups is 1. The lowest BCUT2D eigenvalue weighted by Gasteiger charge is -2.19. The summed E-state index contributed by atoms with van der Waals surface area (Å²) in [5.41, 5.74) is 1.22. The van der Waals surface area contributed by atoms with Gasteiger partial charge in [-0.05, 0) is 23.6 Å². The van der Waals surface area contributed by atoms with E-state index >= 15 is 0 Å². The molecule has 2 aromatic rings. The van der Waals surface area contributed by atoms with Gasteiger partial charge in [-0.2, -0.15) is 0 Å². The van der Waals surface area contributed by atoms with Gasteiger partial charge in [0.15, 0.2) is 0 Å². The fourth-order valence-corrected chi connectivity index (χ4v) is 3.12. The molecule has 0 amide bonds. The van der Waals surface area contributed by atoms with Gasteiger partial charge < -0.3 is 4.74 Å². The minimum atomic E-state index is -0.266. The summed E-state index contributed by atoms with van der Waals surface area (Å²) in [6.07, 6.45) is 0. The van der Waals surface area contributed by atoms with Crippen molar-refractivity contribution < 1.29 is 9.53 Å². The van der Waals surface area contributed by atoms with Crippen LogP contribution in [0.4, 0.5) is 0 Å². The van der Waals surface area contributed by atoms with Crippen LogP contribution >= 0.6 is 11.3 Å². The Hall–Kier alpha value is -1.65. The van der Waals surface area contributed by atoms with Crippen LogP contribution in [0.15, 0.2) is 42.5 Å². The first-order chi connectivity index (χ1) is 10.1. The highest BCUT2D eigenvalue weighted by Gasteiger charge is 2.22. The maximum atomic E-state index is 11.7. The van der Waals surface area contributed by atoms with Crippen LogP contribution in [0, 0.1) is 5.92 Å². The monoisotopic (exact) mass is 303 g/mol. The van der Waals surface area contributed by atoms with Crippen LogP contribution in [-0.2, 0) is 16.1 Å². The van der Waals surface area contributed by atoms with Crippen LogP contribution in [0.25, 0.3) is 10.4 Å². The first-order valence-electron chi connectivity index (χ1n) is 7.07. The van der Waals surface area contributed by atoms with Crippen molar-refractivity contribution in [1.29, 1.82) is 0 Å². The maximum Gasteiger partial charge on any atom is 0.323 e. The van der Waals surface area contributed by atoms with Crippen molar-refractivity contribution in [1.82, 2.24) is 5.32 Å². The highest BCUT2D eigenvalue weighted by atomic mass is 32.1. The number of hydrogen-bond donors (Lipinski definition) is 1. The summed E-state index contributed by atoms with van der Waals surface area (Å²) in [6, 6.07) is 14.3. The minimum absolute atomic E-state index is 0.200. The lowest BCUT2D eigenvalue weighted by Crippen LogP contribution is -2.41. The Balaban J connectivity index is 2.01. The number of thiophene rings is 1. The molecule has 1 N–H and O–H groups in total. The number of methoxy groups -OCH3 is 1. The number of ether oxygens (including phenoxy) is 1. The van der Waals surface area contributed by atoms with Gasteiger partial charge in [-0.1, -0.05) is 44.2 Å². The maximum absolute atomic E-state index is 11.7. The Labute approximate surface area is 130 Å². The van der Waals surface area contributed by atoms with Crippen molar-refractivity contribution in [2.75, 3.05) is 7.11 Å². The van der Waals surface area contributed by atoms with Gasteiger partial charge in [-0.3, -0.25) is 10.1 Å². The van der Waals surface area contributed by atoms with Crippen molar-refractivity contribution in [3.8, 4) is 10.4 Å². The van der Waals surface area contributed by atoms with E-state index in [-0.39, 0.29) is 17.9 Å². The average Bonchev–Trinajstić information content (AvgIpc) is 2.96. The van der Waals surface area contributed by atoms with E-state index in [2.05, 4.69) is 29.6 Å². The van der Waals surface area contributed by atoms with E-state index in [4.69, 9.17) is 4.74 Å². The van der Waals surface area contributed by atoms with Crippen molar-refractivity contribution in [3.63, 3.8) is 0 Å². The summed E-state index contributed by atoms with van der Waals surface area (Å²) in [5.74, 6) is -0.00385. The Kier molecular flexibility index (Phi) is 5.53. The molecular weight excluding hydrogens is 282 g/mol. The fraction of sp³-hybridized carbons (Fsp3) is 0.353. The second-order valence-electron chi connectivity index (χ2n) is 5.26. The van der Waals surface area contributed by atoms with Gasteiger partial charge in [0.1, 0.15) is 6.04 Å². The zero-order valence-corrected chi connectivity index (χ0v) is 13.4. The van der Waals surface area contributed by atoms with E-state index in [1.165, 1.54) is 22.4 Å². The predicted octanol–water partition coefficient (Wildman–Crippen LogP) is 3.70. The molecule has 4 heteroatoms. The highest BCUT2D eigenvalue weighted by molar-refractivity contribution is 7.15. The van der Waals surface area contributed by atoms with Gasteiger partial charge in [-0.15, -0.1) is 11.3 Å². The van der Waals surface area contributed by atoms with Crippen LogP contribution in [0.3, 0.4) is 0 Å². The molecule has 0 fully saturated rings. The molecule has 1 atom stereocenters. The molecule has 0 radical (unpaired) electrons. The molecule has 112 valence electrons. The number of rotatable bonds is 6. The topological polar surface area (TPSA) is 38.3 Å². The van der Waals surface area contributed by atoms with E-state index in [9.17, 15) is 4.79 Å². The smallest absolute Gasteiger partial charge is 0.323 e. The van der Waals surface area contributed by atoms with Crippen molar-refractivity contribution >= 4 is 17.3 Å². The second-order valence-corrected chi connectivity index (χ2v) is 6.43. The molecule has 0 aliphatic heterocycles. The molecule has 0 saturated heterocycles. The number of nitrogens with one attached hydrogen (secondary N) is 1. The quantitative estimate of drug-likeness (QED) is 0.827. The Bertz CT molecular complexity index is 577. The molecule has 2 rings (SSSR count). The Morgan fingerprint density at radius 2 is 1.90 bits per heavy atom. The molecule has 3 nitrogen and oxygen atoms in total. The standard InChI is InChI=1S/C17H21NO2S/c1-12(2)16(17(19)20-3)18-11-14-9-10-15(21-14)13-7-5-4-6-8-13/h4-10,12,16,18H,11H2,1-3H3. The van der Waals surface area contributed by atoms with E-state index in [0.29, 0.717) is 6.54 Å². The molecule has 0 bridgehead atoms. The zero-order chi connectivity index (χ0) is 15.2. The number of benzene rings is 1. The van der Waals surface area contributed by atoms with E-state index in [0.717, 1.165) is 0 Å². The molecule has 0 spiro atoms. The predicted molar refractivity (Wildman–Crippen MR) is 87.2 cm³/mol. The number of carbonyl (C=O) groups excluding carboxylic acids is 1. The molecule has 1 aromatic carbocycles. The van der Waals surface area contributed by atoms with Crippen molar-refractivity contribution in [2.45, 2.75) is 26.4 Å². The largest absolute Gasteiger partial charge is 0.468 e. The number of hydrogen-bond acceptors (Lipinski definition) is 4. The van der Waals surface area contributed by atoms with Crippen LogP contribution < -0.4 is 5.32 Å². The SMILES string of the molecule is COC(=O)C(NCc1ccc(-c2ccccc2)s1)C(C)C. The van der Waals surface area contributed by atoms with Gasteiger partial charge in [0, 0.05) is 16.3 Å². The van der Waals surface area contributed by atoms with Gasteiger partial charge in [0.05, 0.1) is 7.11 Å². The first kappa shape index (κ1) is 15.7. The summed E-state index contributed by atoms with van der Waals surface area (Å²) in [4.78, 5) is 14.2. The summed E-state index contributed by atoms with van der Waals surface area (Å²) < 4.78 is 4.84. The van der Waals surface area contributed by atoms with E-state index in [1.807, 2.05) is 32.0 Å². The summed E-state index contributed by atoms with van der Waals surface area (Å²) in [7, 11) is 1.43. The van der Waals surface area contributed by atoms with Crippen LogP contribution in [-0.4, -0.2) is 19.1 Å². The van der Waals surface area contributed by atoms with Gasteiger partial charge in [0.25, 0.3) is 0 Å². The van der Waals surface area contributed by atoms with E-state index in [1.54, 1.807) is 11.3 Å². The normalized spacial score (nSPS) is 12.4. The lowest BCUT2D eigenvalue weighted by atomic mass is 10.0. The third kappa shape index (κ3) is 4.16. The highest BCUT2D eigenvalue weighted by Crippen LogP contribution is 2.27. The molecule has 0 aliphatic rings. The lowest BCUT2D eigenvalue weighted by molar-refractivity contribution is -0.144. The Morgan fingerprint density at radius 1 is 1.19 bits per heavy atom. The van der Waals surface area contributed by atoms with Gasteiger partial charge in [-0.25, -0.2) is 0 Å². The van der Waals surface area contributed by atoms with Crippen molar-refractivity contribution in [3.05, 3.63) is 47.3 Å². The Morgan fingerprint density at radius 3 is 2.52 bits per heavy atom. The van der Waals surface area contributed by atoms with Gasteiger partial charge >= 0.3 is 5.97 Å². The fourth-order valence-electron chi connectivity index (χ4n) is 2.16. The third-order valence-corrected chi connectivity index (χ3v) is 4.47. The molecule has 1 aromatic heterocycles.